The average molecular weight is 292 g/mol. The predicted molar refractivity (Wildman–Crippen MR) is 69.0 cm³/mol. The summed E-state index contributed by atoms with van der Waals surface area (Å²) < 4.78 is 31.3. The number of aryl methyl sites for hydroxylation is 2. The smallest absolute Gasteiger partial charge is 0.241 e. The van der Waals surface area contributed by atoms with Crippen LogP contribution in [0.15, 0.2) is 27.6 Å². The summed E-state index contributed by atoms with van der Waals surface area (Å²) in [5.41, 5.74) is 1.04. The summed E-state index contributed by atoms with van der Waals surface area (Å²) in [6.07, 6.45) is 0. The van der Waals surface area contributed by atoms with Gasteiger partial charge in [0, 0.05) is 0 Å². The third kappa shape index (κ3) is 3.01. The lowest BCUT2D eigenvalue weighted by molar-refractivity contribution is 0.372. The predicted octanol–water partition coefficient (Wildman–Crippen LogP) is 1.04. The second-order valence-electron chi connectivity index (χ2n) is 4.15. The molecule has 0 radical (unpaired) electrons. The summed E-state index contributed by atoms with van der Waals surface area (Å²) in [5, 5.41) is 12.4. The van der Waals surface area contributed by atoms with Gasteiger partial charge in [-0.05, 0) is 37.6 Å². The molecule has 0 saturated heterocycles. The Hall–Kier alpha value is -2.24. The Kier molecular flexibility index (Phi) is 3.83. The molecule has 8 heteroatoms. The Bertz CT molecular complexity index is 774. The zero-order valence-corrected chi connectivity index (χ0v) is 11.7. The molecule has 0 saturated carbocycles. The van der Waals surface area contributed by atoms with Gasteiger partial charge in [0.2, 0.25) is 15.9 Å². The molecule has 0 aliphatic heterocycles. The van der Waals surface area contributed by atoms with Gasteiger partial charge < -0.3 is 4.52 Å². The number of aromatic nitrogens is 2. The summed E-state index contributed by atoms with van der Waals surface area (Å²) in [6, 6.07) is 6.29. The molecule has 1 aromatic carbocycles. The van der Waals surface area contributed by atoms with Crippen molar-refractivity contribution in [2.45, 2.75) is 25.3 Å². The van der Waals surface area contributed by atoms with Crippen molar-refractivity contribution in [2.24, 2.45) is 0 Å². The van der Waals surface area contributed by atoms with Crippen molar-refractivity contribution in [2.75, 3.05) is 0 Å². The van der Waals surface area contributed by atoms with Crippen LogP contribution in [0.4, 0.5) is 0 Å². The van der Waals surface area contributed by atoms with Crippen molar-refractivity contribution in [3.05, 3.63) is 41.0 Å². The van der Waals surface area contributed by atoms with Crippen molar-refractivity contribution < 1.29 is 12.9 Å². The maximum absolute atomic E-state index is 12.1. The molecule has 104 valence electrons. The van der Waals surface area contributed by atoms with Crippen LogP contribution in [0, 0.1) is 25.2 Å². The highest BCUT2D eigenvalue weighted by atomic mass is 32.2. The van der Waals surface area contributed by atoms with E-state index in [2.05, 4.69) is 14.9 Å². The SMILES string of the molecule is Cc1noc(CNS(=O)(=O)c2ccc(C#N)c(C)c2)n1. The van der Waals surface area contributed by atoms with Crippen molar-refractivity contribution >= 4 is 10.0 Å². The Labute approximate surface area is 116 Å². The number of nitriles is 1. The topological polar surface area (TPSA) is 109 Å². The van der Waals surface area contributed by atoms with Gasteiger partial charge in [0.1, 0.15) is 0 Å². The largest absolute Gasteiger partial charge is 0.338 e. The highest BCUT2D eigenvalue weighted by molar-refractivity contribution is 7.89. The van der Waals surface area contributed by atoms with Crippen molar-refractivity contribution in [3.63, 3.8) is 0 Å². The molecule has 2 rings (SSSR count). The lowest BCUT2D eigenvalue weighted by atomic mass is 10.1. The van der Waals surface area contributed by atoms with Gasteiger partial charge in [-0.25, -0.2) is 13.1 Å². The van der Waals surface area contributed by atoms with E-state index >= 15 is 0 Å². The van der Waals surface area contributed by atoms with Crippen LogP contribution in [0.25, 0.3) is 0 Å². The standard InChI is InChI=1S/C12H12N4O3S/c1-8-5-11(4-3-10(8)6-13)20(17,18)14-7-12-15-9(2)16-19-12/h3-5,14H,7H2,1-2H3. The quantitative estimate of drug-likeness (QED) is 0.901. The van der Waals surface area contributed by atoms with Crippen LogP contribution >= 0.6 is 0 Å². The van der Waals surface area contributed by atoms with Gasteiger partial charge in [-0.3, -0.25) is 0 Å². The van der Waals surface area contributed by atoms with Crippen LogP contribution in [-0.4, -0.2) is 18.6 Å². The number of rotatable bonds is 4. The summed E-state index contributed by atoms with van der Waals surface area (Å²) in [4.78, 5) is 3.99. The minimum Gasteiger partial charge on any atom is -0.338 e. The number of hydrogen-bond donors (Lipinski definition) is 1. The van der Waals surface area contributed by atoms with E-state index in [0.717, 1.165) is 0 Å². The number of sulfonamides is 1. The van der Waals surface area contributed by atoms with Crippen LogP contribution in [0.5, 0.6) is 0 Å². The average Bonchev–Trinajstić information content (AvgIpc) is 2.82. The molecule has 0 spiro atoms. The van der Waals surface area contributed by atoms with Crippen molar-refractivity contribution in [1.29, 1.82) is 5.26 Å². The van der Waals surface area contributed by atoms with Gasteiger partial charge in [0.15, 0.2) is 5.82 Å². The second kappa shape index (κ2) is 5.40. The lowest BCUT2D eigenvalue weighted by Gasteiger charge is -2.06. The molecule has 0 unspecified atom stereocenters. The first kappa shape index (κ1) is 14.2. The van der Waals surface area contributed by atoms with Crippen LogP contribution in [0.2, 0.25) is 0 Å². The zero-order valence-electron chi connectivity index (χ0n) is 10.9. The number of hydrogen-bond acceptors (Lipinski definition) is 6. The van der Waals surface area contributed by atoms with Gasteiger partial charge in [-0.1, -0.05) is 5.16 Å². The van der Waals surface area contributed by atoms with Crippen LogP contribution in [-0.2, 0) is 16.6 Å². The van der Waals surface area contributed by atoms with Crippen LogP contribution in [0.3, 0.4) is 0 Å². The van der Waals surface area contributed by atoms with Gasteiger partial charge in [0.05, 0.1) is 23.1 Å². The fourth-order valence-electron chi connectivity index (χ4n) is 1.58. The van der Waals surface area contributed by atoms with Crippen molar-refractivity contribution in [1.82, 2.24) is 14.9 Å². The Balaban J connectivity index is 2.18. The molecule has 0 amide bonds. The molecule has 1 heterocycles. The Morgan fingerprint density at radius 2 is 2.15 bits per heavy atom. The third-order valence-electron chi connectivity index (χ3n) is 2.61. The molecule has 20 heavy (non-hydrogen) atoms. The van der Waals surface area contributed by atoms with E-state index in [9.17, 15) is 8.42 Å². The molecule has 1 N–H and O–H groups in total. The summed E-state index contributed by atoms with van der Waals surface area (Å²) in [7, 11) is -3.68. The fraction of sp³-hybridized carbons (Fsp3) is 0.250. The number of nitrogens with one attached hydrogen (secondary N) is 1. The summed E-state index contributed by atoms with van der Waals surface area (Å²) >= 11 is 0. The first-order valence-electron chi connectivity index (χ1n) is 5.72. The van der Waals surface area contributed by atoms with Gasteiger partial charge in [-0.2, -0.15) is 10.2 Å². The van der Waals surface area contributed by atoms with Crippen LogP contribution in [0.1, 0.15) is 22.8 Å². The molecule has 2 aromatic rings. The highest BCUT2D eigenvalue weighted by Gasteiger charge is 2.16. The molecule has 0 fully saturated rings. The van der Waals surface area contributed by atoms with Crippen LogP contribution < -0.4 is 4.72 Å². The highest BCUT2D eigenvalue weighted by Crippen LogP contribution is 2.15. The number of nitrogens with zero attached hydrogens (tertiary/aromatic N) is 3. The van der Waals surface area contributed by atoms with E-state index in [4.69, 9.17) is 9.78 Å². The molecule has 7 nitrogen and oxygen atoms in total. The van der Waals surface area contributed by atoms with Gasteiger partial charge in [0.25, 0.3) is 0 Å². The van der Waals surface area contributed by atoms with E-state index in [1.54, 1.807) is 13.8 Å². The molecular weight excluding hydrogens is 280 g/mol. The molecule has 0 bridgehead atoms. The molecular formula is C12H12N4O3S. The Morgan fingerprint density at radius 3 is 2.70 bits per heavy atom. The number of benzene rings is 1. The lowest BCUT2D eigenvalue weighted by Crippen LogP contribution is -2.23. The first-order chi connectivity index (χ1) is 9.42. The molecule has 1 aromatic heterocycles. The minimum atomic E-state index is -3.68. The summed E-state index contributed by atoms with van der Waals surface area (Å²) in [5.74, 6) is 0.629. The van der Waals surface area contributed by atoms with E-state index in [1.807, 2.05) is 6.07 Å². The normalized spacial score (nSPS) is 11.2. The van der Waals surface area contributed by atoms with E-state index in [1.165, 1.54) is 18.2 Å². The maximum atomic E-state index is 12.1. The van der Waals surface area contributed by atoms with Gasteiger partial charge >= 0.3 is 0 Å². The second-order valence-corrected chi connectivity index (χ2v) is 5.92. The monoisotopic (exact) mass is 292 g/mol. The molecule has 0 aliphatic rings. The first-order valence-corrected chi connectivity index (χ1v) is 7.20. The summed E-state index contributed by atoms with van der Waals surface area (Å²) in [6.45, 7) is 3.24. The van der Waals surface area contributed by atoms with Crippen molar-refractivity contribution in [3.8, 4) is 6.07 Å². The third-order valence-corrected chi connectivity index (χ3v) is 4.01. The molecule has 0 atom stereocenters. The fourth-order valence-corrected chi connectivity index (χ4v) is 2.64. The van der Waals surface area contributed by atoms with E-state index < -0.39 is 10.0 Å². The van der Waals surface area contributed by atoms with E-state index in [-0.39, 0.29) is 17.3 Å². The zero-order chi connectivity index (χ0) is 14.8. The maximum Gasteiger partial charge on any atom is 0.241 e. The molecule has 0 aliphatic carbocycles. The minimum absolute atomic E-state index is 0.0811. The Morgan fingerprint density at radius 1 is 1.40 bits per heavy atom. The van der Waals surface area contributed by atoms with Gasteiger partial charge in [-0.15, -0.1) is 0 Å². The van der Waals surface area contributed by atoms with E-state index in [0.29, 0.717) is 17.0 Å².